The van der Waals surface area contributed by atoms with Crippen molar-refractivity contribution in [3.05, 3.63) is 72.8 Å². The minimum absolute atomic E-state index is 0.128. The van der Waals surface area contributed by atoms with Crippen molar-refractivity contribution < 1.29 is 23.8 Å². The van der Waals surface area contributed by atoms with E-state index in [1.807, 2.05) is 13.8 Å². The van der Waals surface area contributed by atoms with Crippen molar-refractivity contribution in [2.45, 2.75) is 20.0 Å². The van der Waals surface area contributed by atoms with Gasteiger partial charge in [-0.05, 0) is 50.2 Å². The molecule has 0 aliphatic heterocycles. The van der Waals surface area contributed by atoms with Crippen molar-refractivity contribution in [1.29, 1.82) is 0 Å². The van der Waals surface area contributed by atoms with Crippen molar-refractivity contribution in [3.8, 4) is 11.5 Å². The molecule has 0 radical (unpaired) electrons. The van der Waals surface area contributed by atoms with Crippen LogP contribution in [0.1, 0.15) is 34.6 Å². The van der Waals surface area contributed by atoms with E-state index >= 15 is 0 Å². The van der Waals surface area contributed by atoms with Crippen LogP contribution in [0.5, 0.6) is 11.5 Å². The van der Waals surface area contributed by atoms with Crippen LogP contribution in [0.15, 0.2) is 61.7 Å². The predicted octanol–water partition coefficient (Wildman–Crippen LogP) is 4.22. The fourth-order valence-corrected chi connectivity index (χ4v) is 2.51. The molecule has 7 heteroatoms. The summed E-state index contributed by atoms with van der Waals surface area (Å²) in [6.45, 7) is 11.1. The predicted molar refractivity (Wildman–Crippen MR) is 117 cm³/mol. The number of hydrogen-bond acceptors (Lipinski definition) is 6. The second kappa shape index (κ2) is 10.7. The van der Waals surface area contributed by atoms with E-state index in [1.54, 1.807) is 42.5 Å². The Labute approximate surface area is 176 Å². The van der Waals surface area contributed by atoms with Crippen molar-refractivity contribution in [3.63, 3.8) is 0 Å². The average molecular weight is 410 g/mol. The van der Waals surface area contributed by atoms with Gasteiger partial charge in [-0.1, -0.05) is 25.3 Å². The molecule has 1 amide bonds. The standard InChI is InChI=1S/C23H26N2O5/c1-5-13-28-20-18(11-12-19(24)21(20)30-15(3)4)22(26)25-17-9-7-16(8-10-17)23(27)29-14-6-2/h5-12,15H,1-2,13-14,24H2,3-4H3,(H,25,26). The molecule has 0 unspecified atom stereocenters. The topological polar surface area (TPSA) is 99.9 Å². The molecule has 2 aromatic carbocycles. The number of esters is 1. The molecule has 0 aliphatic rings. The van der Waals surface area contributed by atoms with Gasteiger partial charge in [-0.25, -0.2) is 4.79 Å². The van der Waals surface area contributed by atoms with E-state index in [4.69, 9.17) is 19.9 Å². The number of anilines is 2. The zero-order chi connectivity index (χ0) is 22.1. The summed E-state index contributed by atoms with van der Waals surface area (Å²) in [5.74, 6) is -0.336. The molecule has 158 valence electrons. The first-order valence-electron chi connectivity index (χ1n) is 9.39. The largest absolute Gasteiger partial charge is 0.485 e. The van der Waals surface area contributed by atoms with Crippen LogP contribution >= 0.6 is 0 Å². The van der Waals surface area contributed by atoms with Crippen LogP contribution in [0.25, 0.3) is 0 Å². The Morgan fingerprint density at radius 1 is 1.03 bits per heavy atom. The van der Waals surface area contributed by atoms with Crippen LogP contribution in [-0.4, -0.2) is 31.2 Å². The van der Waals surface area contributed by atoms with Gasteiger partial charge >= 0.3 is 5.97 Å². The second-order valence-electron chi connectivity index (χ2n) is 6.55. The number of amides is 1. The number of nitrogens with two attached hydrogens (primary N) is 1. The molecule has 0 atom stereocenters. The lowest BCUT2D eigenvalue weighted by Gasteiger charge is -2.19. The Kier molecular flexibility index (Phi) is 8.05. The maximum atomic E-state index is 12.9. The number of nitrogen functional groups attached to an aromatic ring is 1. The second-order valence-corrected chi connectivity index (χ2v) is 6.55. The summed E-state index contributed by atoms with van der Waals surface area (Å²) in [4.78, 5) is 24.7. The SMILES string of the molecule is C=CCOC(=O)c1ccc(NC(=O)c2ccc(N)c(OC(C)C)c2OCC=C)cc1. The van der Waals surface area contributed by atoms with Gasteiger partial charge in [0, 0.05) is 5.69 Å². The molecule has 0 heterocycles. The summed E-state index contributed by atoms with van der Waals surface area (Å²) in [5.41, 5.74) is 7.52. The van der Waals surface area contributed by atoms with Crippen LogP contribution in [0.4, 0.5) is 11.4 Å². The summed E-state index contributed by atoms with van der Waals surface area (Å²) < 4.78 is 16.4. The fourth-order valence-electron chi connectivity index (χ4n) is 2.51. The molecule has 0 bridgehead atoms. The number of rotatable bonds is 10. The molecule has 0 aromatic heterocycles. The molecule has 7 nitrogen and oxygen atoms in total. The van der Waals surface area contributed by atoms with E-state index in [1.165, 1.54) is 6.08 Å². The lowest BCUT2D eigenvalue weighted by atomic mass is 10.1. The molecule has 30 heavy (non-hydrogen) atoms. The monoisotopic (exact) mass is 410 g/mol. The number of carbonyl (C=O) groups excluding carboxylic acids is 2. The molecule has 2 rings (SSSR count). The van der Waals surface area contributed by atoms with Crippen LogP contribution < -0.4 is 20.5 Å². The summed E-state index contributed by atoms with van der Waals surface area (Å²) in [6.07, 6.45) is 2.89. The van der Waals surface area contributed by atoms with Gasteiger partial charge < -0.3 is 25.3 Å². The van der Waals surface area contributed by atoms with E-state index in [2.05, 4.69) is 18.5 Å². The molecular formula is C23H26N2O5. The normalized spacial score (nSPS) is 10.2. The highest BCUT2D eigenvalue weighted by Gasteiger charge is 2.21. The molecule has 0 spiro atoms. The van der Waals surface area contributed by atoms with Crippen molar-refractivity contribution in [2.24, 2.45) is 0 Å². The molecule has 3 N–H and O–H groups in total. The number of hydrogen-bond donors (Lipinski definition) is 2. The van der Waals surface area contributed by atoms with Gasteiger partial charge in [0.15, 0.2) is 11.5 Å². The smallest absolute Gasteiger partial charge is 0.338 e. The molecule has 0 saturated heterocycles. The number of carbonyl (C=O) groups is 2. The first-order chi connectivity index (χ1) is 14.4. The number of benzene rings is 2. The number of nitrogens with one attached hydrogen (secondary N) is 1. The Morgan fingerprint density at radius 3 is 2.30 bits per heavy atom. The van der Waals surface area contributed by atoms with Gasteiger partial charge in [0.1, 0.15) is 13.2 Å². The summed E-state index contributed by atoms with van der Waals surface area (Å²) in [7, 11) is 0. The minimum Gasteiger partial charge on any atom is -0.485 e. The summed E-state index contributed by atoms with van der Waals surface area (Å²) >= 11 is 0. The van der Waals surface area contributed by atoms with E-state index in [9.17, 15) is 9.59 Å². The quantitative estimate of drug-likeness (QED) is 0.346. The van der Waals surface area contributed by atoms with Crippen molar-refractivity contribution >= 4 is 23.3 Å². The lowest BCUT2D eigenvalue weighted by molar-refractivity contribution is 0.0549. The molecule has 0 fully saturated rings. The van der Waals surface area contributed by atoms with Crippen LogP contribution in [0, 0.1) is 0 Å². The highest BCUT2D eigenvalue weighted by Crippen LogP contribution is 2.38. The molecular weight excluding hydrogens is 384 g/mol. The van der Waals surface area contributed by atoms with Crippen molar-refractivity contribution in [1.82, 2.24) is 0 Å². The Bertz CT molecular complexity index is 920. The highest BCUT2D eigenvalue weighted by molar-refractivity contribution is 6.07. The first kappa shape index (κ1) is 22.5. The molecule has 0 saturated carbocycles. The zero-order valence-electron chi connectivity index (χ0n) is 17.1. The third-order valence-corrected chi connectivity index (χ3v) is 3.80. The van der Waals surface area contributed by atoms with E-state index in [-0.39, 0.29) is 30.6 Å². The minimum atomic E-state index is -0.470. The Hall–Kier alpha value is -3.74. The first-order valence-corrected chi connectivity index (χ1v) is 9.39. The maximum absolute atomic E-state index is 12.9. The average Bonchev–Trinajstić information content (AvgIpc) is 2.72. The van der Waals surface area contributed by atoms with Gasteiger partial charge in [0.2, 0.25) is 0 Å². The highest BCUT2D eigenvalue weighted by atomic mass is 16.5. The maximum Gasteiger partial charge on any atom is 0.338 e. The van der Waals surface area contributed by atoms with Crippen LogP contribution in [0.3, 0.4) is 0 Å². The van der Waals surface area contributed by atoms with E-state index in [0.717, 1.165) is 0 Å². The van der Waals surface area contributed by atoms with E-state index < -0.39 is 11.9 Å². The van der Waals surface area contributed by atoms with Gasteiger partial charge in [-0.3, -0.25) is 4.79 Å². The van der Waals surface area contributed by atoms with Gasteiger partial charge in [0.25, 0.3) is 5.91 Å². The van der Waals surface area contributed by atoms with Gasteiger partial charge in [0.05, 0.1) is 22.9 Å². The van der Waals surface area contributed by atoms with Crippen LogP contribution in [-0.2, 0) is 4.74 Å². The summed E-state index contributed by atoms with van der Waals surface area (Å²) in [6, 6.07) is 9.49. The van der Waals surface area contributed by atoms with Crippen molar-refractivity contribution in [2.75, 3.05) is 24.3 Å². The lowest BCUT2D eigenvalue weighted by Crippen LogP contribution is -2.16. The Morgan fingerprint density at radius 2 is 1.70 bits per heavy atom. The van der Waals surface area contributed by atoms with Gasteiger partial charge in [-0.2, -0.15) is 0 Å². The third kappa shape index (κ3) is 5.88. The van der Waals surface area contributed by atoms with E-state index in [0.29, 0.717) is 22.7 Å². The molecule has 2 aromatic rings. The fraction of sp³-hybridized carbons (Fsp3) is 0.217. The number of ether oxygens (including phenoxy) is 3. The van der Waals surface area contributed by atoms with Gasteiger partial charge in [-0.15, -0.1) is 0 Å². The van der Waals surface area contributed by atoms with Crippen LogP contribution in [0.2, 0.25) is 0 Å². The molecule has 0 aliphatic carbocycles. The zero-order valence-corrected chi connectivity index (χ0v) is 17.1. The summed E-state index contributed by atoms with van der Waals surface area (Å²) in [5, 5.41) is 2.77. The Balaban J connectivity index is 2.26. The third-order valence-electron chi connectivity index (χ3n) is 3.80.